The molecule has 0 aliphatic carbocycles. The van der Waals surface area contributed by atoms with Gasteiger partial charge in [0.15, 0.2) is 11.7 Å². The molecule has 2 amide bonds. The predicted octanol–water partition coefficient (Wildman–Crippen LogP) is 1.51. The Morgan fingerprint density at radius 2 is 1.71 bits per heavy atom. The Labute approximate surface area is 239 Å². The number of ketones is 1. The van der Waals surface area contributed by atoms with E-state index < -0.39 is 12.0 Å². The minimum atomic E-state index is -1.04. The van der Waals surface area contributed by atoms with E-state index in [0.717, 1.165) is 23.4 Å². The van der Waals surface area contributed by atoms with Gasteiger partial charge in [0.2, 0.25) is 11.8 Å². The maximum atomic E-state index is 14.0. The number of piperidine rings is 1. The molecule has 0 bridgehead atoms. The first kappa shape index (κ1) is 28.3. The SMILES string of the molecule is CN1CCN(c2cccc3c2CCN(C(=O)C2CCN(C(=N)N)CC2)C3C(=O)Cc2ccc(C(=O)O)cc2)C(=O)C1. The second-order valence-electron chi connectivity index (χ2n) is 11.1. The van der Waals surface area contributed by atoms with Crippen LogP contribution in [-0.4, -0.2) is 95.6 Å². The Bertz CT molecular complexity index is 1370. The molecule has 0 radical (unpaired) electrons. The monoisotopic (exact) mass is 560 g/mol. The number of benzene rings is 2. The number of hydrogen-bond donors (Lipinski definition) is 3. The van der Waals surface area contributed by atoms with Crippen LogP contribution < -0.4 is 10.6 Å². The summed E-state index contributed by atoms with van der Waals surface area (Å²) < 4.78 is 0. The second kappa shape index (κ2) is 11.7. The zero-order valence-corrected chi connectivity index (χ0v) is 23.2. The van der Waals surface area contributed by atoms with Crippen LogP contribution in [0.1, 0.15) is 45.9 Å². The summed E-state index contributed by atoms with van der Waals surface area (Å²) in [5.74, 6) is -1.56. The van der Waals surface area contributed by atoms with Gasteiger partial charge in [-0.05, 0) is 61.2 Å². The molecule has 3 heterocycles. The number of guanidine groups is 1. The molecule has 1 atom stereocenters. The zero-order chi connectivity index (χ0) is 29.3. The standard InChI is InChI=1S/C30H36N6O5/c1-33-15-16-35(26(38)18-33)24-4-2-3-23-22(24)11-14-36(28(39)20-9-12-34(13-10-20)30(31)32)27(23)25(37)17-19-5-7-21(8-6-19)29(40)41/h2-8,20,27H,9-18H2,1H3,(H3,31,32)(H,40,41). The molecule has 2 saturated heterocycles. The number of rotatable bonds is 6. The van der Waals surface area contributed by atoms with Crippen LogP contribution in [0.15, 0.2) is 42.5 Å². The molecule has 11 heteroatoms. The first-order chi connectivity index (χ1) is 19.6. The maximum Gasteiger partial charge on any atom is 0.335 e. The van der Waals surface area contributed by atoms with Gasteiger partial charge < -0.3 is 25.5 Å². The Kier molecular flexibility index (Phi) is 8.07. The minimum Gasteiger partial charge on any atom is -0.478 e. The van der Waals surface area contributed by atoms with E-state index in [-0.39, 0.29) is 41.5 Å². The van der Waals surface area contributed by atoms with Crippen LogP contribution >= 0.6 is 0 Å². The van der Waals surface area contributed by atoms with E-state index in [0.29, 0.717) is 57.5 Å². The second-order valence-corrected chi connectivity index (χ2v) is 11.1. The third-order valence-corrected chi connectivity index (χ3v) is 8.45. The smallest absolute Gasteiger partial charge is 0.335 e. The number of aromatic carboxylic acids is 1. The Balaban J connectivity index is 1.47. The van der Waals surface area contributed by atoms with Gasteiger partial charge >= 0.3 is 5.97 Å². The van der Waals surface area contributed by atoms with Crippen LogP contribution in [0.25, 0.3) is 0 Å². The molecule has 2 fully saturated rings. The minimum absolute atomic E-state index is 0.00393. The molecule has 41 heavy (non-hydrogen) atoms. The fourth-order valence-electron chi connectivity index (χ4n) is 6.20. The van der Waals surface area contributed by atoms with Crippen molar-refractivity contribution in [2.24, 2.45) is 11.7 Å². The van der Waals surface area contributed by atoms with Gasteiger partial charge in [-0.25, -0.2) is 4.79 Å². The molecular formula is C30H36N6O5. The topological polar surface area (TPSA) is 151 Å². The lowest BCUT2D eigenvalue weighted by atomic mass is 9.85. The molecule has 11 nitrogen and oxygen atoms in total. The quantitative estimate of drug-likeness (QED) is 0.355. The third kappa shape index (κ3) is 5.81. The number of nitrogens with zero attached hydrogens (tertiary/aromatic N) is 4. The van der Waals surface area contributed by atoms with E-state index in [4.69, 9.17) is 11.1 Å². The summed E-state index contributed by atoms with van der Waals surface area (Å²) in [5.41, 5.74) is 8.90. The predicted molar refractivity (Wildman–Crippen MR) is 153 cm³/mol. The van der Waals surface area contributed by atoms with E-state index in [1.807, 2.05) is 30.1 Å². The van der Waals surface area contributed by atoms with Crippen molar-refractivity contribution >= 4 is 35.2 Å². The molecule has 2 aromatic rings. The van der Waals surface area contributed by atoms with Gasteiger partial charge in [-0.3, -0.25) is 24.7 Å². The number of piperazine rings is 1. The number of carbonyl (C=O) groups excluding carboxylic acids is 3. The molecule has 2 aromatic carbocycles. The average Bonchev–Trinajstić information content (AvgIpc) is 2.96. The number of carbonyl (C=O) groups is 4. The van der Waals surface area contributed by atoms with Crippen molar-refractivity contribution < 1.29 is 24.3 Å². The number of likely N-dealkylation sites (tertiary alicyclic amines) is 1. The van der Waals surface area contributed by atoms with Crippen LogP contribution in [0, 0.1) is 11.3 Å². The number of carboxylic acids is 1. The molecule has 3 aliphatic rings. The summed E-state index contributed by atoms with van der Waals surface area (Å²) in [7, 11) is 1.91. The van der Waals surface area contributed by atoms with Crippen LogP contribution in [0.5, 0.6) is 0 Å². The molecule has 0 saturated carbocycles. The number of amides is 2. The fourth-order valence-corrected chi connectivity index (χ4v) is 6.20. The largest absolute Gasteiger partial charge is 0.478 e. The van der Waals surface area contributed by atoms with E-state index in [1.54, 1.807) is 26.8 Å². The first-order valence-corrected chi connectivity index (χ1v) is 14.0. The van der Waals surface area contributed by atoms with Crippen molar-refractivity contribution in [3.63, 3.8) is 0 Å². The van der Waals surface area contributed by atoms with Gasteiger partial charge in [0, 0.05) is 50.7 Å². The average molecular weight is 561 g/mol. The Hall–Kier alpha value is -4.25. The maximum absolute atomic E-state index is 14.0. The number of anilines is 1. The Morgan fingerprint density at radius 1 is 1.00 bits per heavy atom. The van der Waals surface area contributed by atoms with Crippen molar-refractivity contribution in [3.8, 4) is 0 Å². The van der Waals surface area contributed by atoms with Crippen molar-refractivity contribution in [2.75, 3.05) is 51.2 Å². The van der Waals surface area contributed by atoms with E-state index in [1.165, 1.54) is 12.1 Å². The van der Waals surface area contributed by atoms with Crippen LogP contribution in [-0.2, 0) is 27.2 Å². The van der Waals surface area contributed by atoms with Crippen LogP contribution in [0.2, 0.25) is 0 Å². The summed E-state index contributed by atoms with van der Waals surface area (Å²) >= 11 is 0. The van der Waals surface area contributed by atoms with E-state index in [9.17, 15) is 24.3 Å². The fraction of sp³-hybridized carbons (Fsp3) is 0.433. The van der Waals surface area contributed by atoms with Gasteiger partial charge in [0.25, 0.3) is 0 Å². The van der Waals surface area contributed by atoms with Crippen molar-refractivity contribution in [2.45, 2.75) is 31.7 Å². The number of fused-ring (bicyclic) bond motifs is 1. The molecule has 1 unspecified atom stereocenters. The molecule has 4 N–H and O–H groups in total. The van der Waals surface area contributed by atoms with E-state index >= 15 is 0 Å². The highest BCUT2D eigenvalue weighted by Crippen LogP contribution is 2.38. The summed E-state index contributed by atoms with van der Waals surface area (Å²) in [6, 6.07) is 11.0. The first-order valence-electron chi connectivity index (χ1n) is 14.0. The molecule has 5 rings (SSSR count). The normalized spacial score (nSPS) is 20.1. The molecule has 3 aliphatic heterocycles. The van der Waals surface area contributed by atoms with Gasteiger partial charge in [-0.15, -0.1) is 0 Å². The van der Waals surface area contributed by atoms with Gasteiger partial charge in [-0.2, -0.15) is 0 Å². The van der Waals surface area contributed by atoms with Crippen molar-refractivity contribution in [1.29, 1.82) is 5.41 Å². The number of nitrogens with two attached hydrogens (primary N) is 1. The highest BCUT2D eigenvalue weighted by molar-refractivity contribution is 5.98. The number of likely N-dealkylation sites (N-methyl/N-ethyl adjacent to an activating group) is 1. The highest BCUT2D eigenvalue weighted by atomic mass is 16.4. The summed E-state index contributed by atoms with van der Waals surface area (Å²) in [6.45, 7) is 3.00. The number of hydrogen-bond acceptors (Lipinski definition) is 6. The Morgan fingerprint density at radius 3 is 2.34 bits per heavy atom. The molecule has 216 valence electrons. The highest BCUT2D eigenvalue weighted by Gasteiger charge is 2.40. The number of Topliss-reactive ketones (excluding diaryl/α,β-unsaturated/α-hetero) is 1. The third-order valence-electron chi connectivity index (χ3n) is 8.45. The number of nitrogens with one attached hydrogen (secondary N) is 1. The van der Waals surface area contributed by atoms with Crippen LogP contribution in [0.4, 0.5) is 5.69 Å². The summed E-state index contributed by atoms with van der Waals surface area (Å²) in [5, 5.41) is 16.9. The molecule has 0 spiro atoms. The van der Waals surface area contributed by atoms with E-state index in [2.05, 4.69) is 0 Å². The lowest BCUT2D eigenvalue weighted by Crippen LogP contribution is -2.51. The van der Waals surface area contributed by atoms with Gasteiger partial charge in [0.05, 0.1) is 12.1 Å². The number of carboxylic acid groups (broad SMARTS) is 1. The van der Waals surface area contributed by atoms with Crippen molar-refractivity contribution in [1.82, 2.24) is 14.7 Å². The lowest BCUT2D eigenvalue weighted by molar-refractivity contribution is -0.144. The summed E-state index contributed by atoms with van der Waals surface area (Å²) in [6.07, 6.45) is 1.67. The van der Waals surface area contributed by atoms with Crippen molar-refractivity contribution in [3.05, 3.63) is 64.7 Å². The summed E-state index contributed by atoms with van der Waals surface area (Å²) in [4.78, 5) is 59.4. The molecular weight excluding hydrogens is 524 g/mol. The van der Waals surface area contributed by atoms with Gasteiger partial charge in [0.1, 0.15) is 6.04 Å². The zero-order valence-electron chi connectivity index (χ0n) is 23.2. The lowest BCUT2D eigenvalue weighted by Gasteiger charge is -2.42. The molecule has 0 aromatic heterocycles. The van der Waals surface area contributed by atoms with Gasteiger partial charge in [-0.1, -0.05) is 24.3 Å². The van der Waals surface area contributed by atoms with Crippen LogP contribution in [0.3, 0.4) is 0 Å².